The summed E-state index contributed by atoms with van der Waals surface area (Å²) in [6, 6.07) is 4.62. The maximum Gasteiger partial charge on any atom is 0.330 e. The molecule has 1 aromatic heterocycles. The number of H-pyrrole nitrogens is 1. The quantitative estimate of drug-likeness (QED) is 0.623. The van der Waals surface area contributed by atoms with Gasteiger partial charge in [0, 0.05) is 13.5 Å². The van der Waals surface area contributed by atoms with Crippen LogP contribution in [-0.2, 0) is 7.05 Å². The Kier molecular flexibility index (Phi) is 3.76. The fourth-order valence-corrected chi connectivity index (χ4v) is 2.57. The Hall–Kier alpha value is -3.23. The van der Waals surface area contributed by atoms with Crippen molar-refractivity contribution in [2.45, 2.75) is 12.5 Å². The van der Waals surface area contributed by atoms with Gasteiger partial charge in [0.05, 0.1) is 18.9 Å². The van der Waals surface area contributed by atoms with Crippen LogP contribution in [0.25, 0.3) is 0 Å². The highest BCUT2D eigenvalue weighted by molar-refractivity contribution is 6.03. The van der Waals surface area contributed by atoms with Gasteiger partial charge in [0.25, 0.3) is 5.56 Å². The van der Waals surface area contributed by atoms with Gasteiger partial charge in [-0.1, -0.05) is 6.07 Å². The Morgan fingerprint density at radius 1 is 1.33 bits per heavy atom. The van der Waals surface area contributed by atoms with Crippen LogP contribution in [0.15, 0.2) is 32.9 Å². The molecule has 1 aromatic carbocycles. The molecule has 0 bridgehead atoms. The number of aromatic hydroxyl groups is 2. The summed E-state index contributed by atoms with van der Waals surface area (Å²) in [6.45, 7) is 0. The molecule has 3 rings (SSSR count). The molecule has 1 atom stereocenters. The van der Waals surface area contributed by atoms with E-state index in [-0.39, 0.29) is 17.4 Å². The predicted octanol–water partition coefficient (Wildman–Crippen LogP) is -0.0679. The van der Waals surface area contributed by atoms with Gasteiger partial charge < -0.3 is 20.4 Å². The molecule has 24 heavy (non-hydrogen) atoms. The molecule has 1 unspecified atom stereocenters. The zero-order chi connectivity index (χ0) is 17.4. The molecule has 0 saturated heterocycles. The van der Waals surface area contributed by atoms with Gasteiger partial charge >= 0.3 is 5.69 Å². The third kappa shape index (κ3) is 2.49. The van der Waals surface area contributed by atoms with E-state index in [0.29, 0.717) is 17.9 Å². The lowest BCUT2D eigenvalue weighted by Crippen LogP contribution is -2.32. The van der Waals surface area contributed by atoms with E-state index in [4.69, 9.17) is 4.74 Å². The summed E-state index contributed by atoms with van der Waals surface area (Å²) in [6.07, 6.45) is 0.322. The number of benzene rings is 1. The first kappa shape index (κ1) is 15.7. The van der Waals surface area contributed by atoms with Gasteiger partial charge in [0.2, 0.25) is 5.88 Å². The lowest BCUT2D eigenvalue weighted by Gasteiger charge is -2.12. The molecule has 4 N–H and O–H groups in total. The summed E-state index contributed by atoms with van der Waals surface area (Å²) >= 11 is 0. The number of phenolic OH excluding ortho intramolecular Hbond substituents is 1. The number of phenols is 1. The molecule has 9 heteroatoms. The van der Waals surface area contributed by atoms with E-state index >= 15 is 0 Å². The summed E-state index contributed by atoms with van der Waals surface area (Å²) in [5.41, 5.74) is 2.57. The smallest absolute Gasteiger partial charge is 0.330 e. The van der Waals surface area contributed by atoms with E-state index in [9.17, 15) is 19.8 Å². The van der Waals surface area contributed by atoms with Crippen LogP contribution in [-0.4, -0.2) is 32.6 Å². The van der Waals surface area contributed by atoms with Gasteiger partial charge in [-0.15, -0.1) is 0 Å². The van der Waals surface area contributed by atoms with Crippen molar-refractivity contribution in [1.82, 2.24) is 15.0 Å². The normalized spacial score (nSPS) is 16.6. The highest BCUT2D eigenvalue weighted by Gasteiger charge is 2.27. The third-order valence-electron chi connectivity index (χ3n) is 3.94. The number of hydrogen-bond acceptors (Lipinski definition) is 7. The molecule has 1 aliphatic heterocycles. The first-order valence-corrected chi connectivity index (χ1v) is 7.14. The molecule has 0 aliphatic carbocycles. The summed E-state index contributed by atoms with van der Waals surface area (Å²) in [5, 5.41) is 23.8. The summed E-state index contributed by atoms with van der Waals surface area (Å²) in [5.74, 6) is -0.0914. The predicted molar refractivity (Wildman–Crippen MR) is 85.7 cm³/mol. The van der Waals surface area contributed by atoms with Crippen LogP contribution in [0, 0.1) is 0 Å². The van der Waals surface area contributed by atoms with Crippen molar-refractivity contribution in [3.63, 3.8) is 0 Å². The molecule has 126 valence electrons. The largest absolute Gasteiger partial charge is 0.504 e. The lowest BCUT2D eigenvalue weighted by molar-refractivity contribution is 0.372. The number of hydrazone groups is 1. The monoisotopic (exact) mass is 332 g/mol. The molecule has 0 saturated carbocycles. The number of methoxy groups -OCH3 is 1. The molecule has 2 heterocycles. The molecule has 0 spiro atoms. The van der Waals surface area contributed by atoms with E-state index < -0.39 is 17.1 Å². The number of aromatic nitrogens is 2. The maximum atomic E-state index is 12.0. The highest BCUT2D eigenvalue weighted by Crippen LogP contribution is 2.32. The minimum absolute atomic E-state index is 0.0209. The molecule has 9 nitrogen and oxygen atoms in total. The zero-order valence-electron chi connectivity index (χ0n) is 13.0. The van der Waals surface area contributed by atoms with Gasteiger partial charge in [-0.25, -0.2) is 4.79 Å². The van der Waals surface area contributed by atoms with E-state index in [1.54, 1.807) is 12.1 Å². The first-order valence-electron chi connectivity index (χ1n) is 7.14. The minimum Gasteiger partial charge on any atom is -0.504 e. The van der Waals surface area contributed by atoms with Crippen molar-refractivity contribution in [3.8, 4) is 17.4 Å². The Morgan fingerprint density at radius 3 is 2.79 bits per heavy atom. The number of ether oxygens (including phenoxy) is 1. The molecule has 1 aliphatic rings. The summed E-state index contributed by atoms with van der Waals surface area (Å²) < 4.78 is 6.02. The average Bonchev–Trinajstić information content (AvgIpc) is 3.03. The van der Waals surface area contributed by atoms with Crippen LogP contribution in [0.2, 0.25) is 0 Å². The Bertz CT molecular complexity index is 944. The number of rotatable bonds is 3. The molecular formula is C15H16N4O5. The van der Waals surface area contributed by atoms with Crippen LogP contribution in [0.1, 0.15) is 23.6 Å². The molecule has 2 aromatic rings. The SMILES string of the molecule is COc1cc(C2CC(c3c(O)n(C)c(=O)[nH]c3=O)=NN2)ccc1O. The van der Waals surface area contributed by atoms with Gasteiger partial charge in [0.1, 0.15) is 5.56 Å². The second kappa shape index (κ2) is 5.76. The van der Waals surface area contributed by atoms with Crippen molar-refractivity contribution in [2.24, 2.45) is 12.1 Å². The van der Waals surface area contributed by atoms with Crippen LogP contribution in [0.5, 0.6) is 17.4 Å². The highest BCUT2D eigenvalue weighted by atomic mass is 16.5. The fourth-order valence-electron chi connectivity index (χ4n) is 2.57. The summed E-state index contributed by atoms with van der Waals surface area (Å²) in [7, 11) is 2.80. The van der Waals surface area contributed by atoms with Crippen LogP contribution < -0.4 is 21.4 Å². The van der Waals surface area contributed by atoms with Gasteiger partial charge in [-0.3, -0.25) is 14.3 Å². The Labute approximate surface area is 135 Å². The number of nitrogens with one attached hydrogen (secondary N) is 2. The number of hydrogen-bond donors (Lipinski definition) is 4. The van der Waals surface area contributed by atoms with Gasteiger partial charge in [-0.2, -0.15) is 5.10 Å². The second-order valence-electron chi connectivity index (χ2n) is 5.39. The molecule has 0 radical (unpaired) electrons. The van der Waals surface area contributed by atoms with E-state index in [1.807, 2.05) is 0 Å². The first-order chi connectivity index (χ1) is 11.4. The average molecular weight is 332 g/mol. The molecular weight excluding hydrogens is 316 g/mol. The molecule has 0 amide bonds. The van der Waals surface area contributed by atoms with E-state index in [0.717, 1.165) is 10.1 Å². The van der Waals surface area contributed by atoms with Crippen molar-refractivity contribution >= 4 is 5.71 Å². The van der Waals surface area contributed by atoms with Crippen molar-refractivity contribution in [1.29, 1.82) is 0 Å². The third-order valence-corrected chi connectivity index (χ3v) is 3.94. The Morgan fingerprint density at radius 2 is 2.08 bits per heavy atom. The Balaban J connectivity index is 1.93. The zero-order valence-corrected chi connectivity index (χ0v) is 13.0. The summed E-state index contributed by atoms with van der Waals surface area (Å²) in [4.78, 5) is 25.6. The minimum atomic E-state index is -0.701. The van der Waals surface area contributed by atoms with Crippen molar-refractivity contribution < 1.29 is 14.9 Å². The molecule has 0 fully saturated rings. The second-order valence-corrected chi connectivity index (χ2v) is 5.39. The van der Waals surface area contributed by atoms with Crippen molar-refractivity contribution in [3.05, 3.63) is 50.2 Å². The van der Waals surface area contributed by atoms with E-state index in [1.165, 1.54) is 20.2 Å². The number of nitrogens with zero attached hydrogens (tertiary/aromatic N) is 2. The maximum absolute atomic E-state index is 12.0. The topological polar surface area (TPSA) is 129 Å². The van der Waals surface area contributed by atoms with Crippen LogP contribution in [0.3, 0.4) is 0 Å². The lowest BCUT2D eigenvalue weighted by atomic mass is 9.99. The van der Waals surface area contributed by atoms with E-state index in [2.05, 4.69) is 15.5 Å². The van der Waals surface area contributed by atoms with Gasteiger partial charge in [0.15, 0.2) is 11.5 Å². The van der Waals surface area contributed by atoms with Crippen LogP contribution >= 0.6 is 0 Å². The van der Waals surface area contributed by atoms with Crippen LogP contribution in [0.4, 0.5) is 0 Å². The van der Waals surface area contributed by atoms with Crippen molar-refractivity contribution in [2.75, 3.05) is 7.11 Å². The number of aromatic amines is 1. The fraction of sp³-hybridized carbons (Fsp3) is 0.267. The van der Waals surface area contributed by atoms with Gasteiger partial charge in [-0.05, 0) is 17.7 Å². The standard InChI is InChI=1S/C15H16N4O5/c1-19-14(22)12(13(21)16-15(19)23)9-6-8(17-18-9)7-3-4-10(20)11(5-7)24-2/h3-5,8,17,20,22H,6H2,1-2H3,(H,16,21,23).